The van der Waals surface area contributed by atoms with Crippen LogP contribution in [-0.4, -0.2) is 35.4 Å². The molecule has 0 radical (unpaired) electrons. The fourth-order valence-electron chi connectivity index (χ4n) is 3.44. The number of anilines is 1. The van der Waals surface area contributed by atoms with Gasteiger partial charge in [-0.05, 0) is 36.8 Å². The van der Waals surface area contributed by atoms with Gasteiger partial charge in [-0.25, -0.2) is 0 Å². The minimum absolute atomic E-state index is 0.286. The third kappa shape index (κ3) is 2.02. The van der Waals surface area contributed by atoms with Crippen LogP contribution in [0.3, 0.4) is 0 Å². The van der Waals surface area contributed by atoms with E-state index in [2.05, 4.69) is 41.4 Å². The number of likely N-dealkylation sites (tertiary alicyclic amines) is 1. The average Bonchev–Trinajstić information content (AvgIpc) is 2.87. The van der Waals surface area contributed by atoms with Crippen LogP contribution in [0, 0.1) is 0 Å². The minimum Gasteiger partial charge on any atom is -0.395 e. The molecule has 3 heteroatoms. The summed E-state index contributed by atoms with van der Waals surface area (Å²) in [5, 5.41) is 13.1. The molecule has 2 heterocycles. The molecule has 1 aromatic rings. The molecule has 1 fully saturated rings. The van der Waals surface area contributed by atoms with E-state index in [0.717, 1.165) is 19.4 Å². The highest BCUT2D eigenvalue weighted by atomic mass is 16.3. The second-order valence-corrected chi connectivity index (χ2v) is 5.60. The predicted molar refractivity (Wildman–Crippen MR) is 73.7 cm³/mol. The van der Waals surface area contributed by atoms with Crippen molar-refractivity contribution in [3.05, 3.63) is 29.8 Å². The summed E-state index contributed by atoms with van der Waals surface area (Å²) in [5.41, 5.74) is 2.69. The van der Waals surface area contributed by atoms with Crippen LogP contribution < -0.4 is 5.32 Å². The summed E-state index contributed by atoms with van der Waals surface area (Å²) in [6, 6.07) is 8.94. The molecule has 2 aliphatic rings. The van der Waals surface area contributed by atoms with Crippen molar-refractivity contribution in [2.24, 2.45) is 0 Å². The fourth-order valence-corrected chi connectivity index (χ4v) is 3.44. The maximum absolute atomic E-state index is 9.46. The van der Waals surface area contributed by atoms with Crippen LogP contribution in [0.4, 0.5) is 5.69 Å². The normalized spacial score (nSPS) is 32.0. The lowest BCUT2D eigenvalue weighted by molar-refractivity contribution is 0.120. The van der Waals surface area contributed by atoms with Gasteiger partial charge in [0.25, 0.3) is 0 Å². The fraction of sp³-hybridized carbons (Fsp3) is 0.600. The molecule has 98 valence electrons. The molecule has 0 aliphatic carbocycles. The van der Waals surface area contributed by atoms with Gasteiger partial charge in [0, 0.05) is 18.3 Å². The van der Waals surface area contributed by atoms with Crippen molar-refractivity contribution in [2.75, 3.05) is 18.5 Å². The number of aliphatic hydroxyl groups excluding tert-OH is 1. The van der Waals surface area contributed by atoms with Crippen LogP contribution in [-0.2, 0) is 0 Å². The minimum atomic E-state index is 0.286. The monoisotopic (exact) mass is 246 g/mol. The highest BCUT2D eigenvalue weighted by Gasteiger charge is 2.33. The number of para-hydroxylation sites is 1. The van der Waals surface area contributed by atoms with Crippen LogP contribution in [0.5, 0.6) is 0 Å². The molecule has 0 bridgehead atoms. The van der Waals surface area contributed by atoms with Gasteiger partial charge in [0.05, 0.1) is 12.8 Å². The number of aliphatic hydroxyl groups is 1. The Morgan fingerprint density at radius 1 is 1.39 bits per heavy atom. The van der Waals surface area contributed by atoms with Gasteiger partial charge in [-0.3, -0.25) is 4.90 Å². The largest absolute Gasteiger partial charge is 0.395 e. The van der Waals surface area contributed by atoms with E-state index in [9.17, 15) is 5.11 Å². The topological polar surface area (TPSA) is 35.5 Å². The van der Waals surface area contributed by atoms with Crippen LogP contribution >= 0.6 is 0 Å². The summed E-state index contributed by atoms with van der Waals surface area (Å²) >= 11 is 0. The summed E-state index contributed by atoms with van der Waals surface area (Å²) in [4.78, 5) is 2.45. The lowest BCUT2D eigenvalue weighted by Gasteiger charge is -2.39. The zero-order valence-corrected chi connectivity index (χ0v) is 11.0. The van der Waals surface area contributed by atoms with Gasteiger partial charge >= 0.3 is 0 Å². The van der Waals surface area contributed by atoms with Crippen LogP contribution in [0.15, 0.2) is 24.3 Å². The zero-order chi connectivity index (χ0) is 12.5. The quantitative estimate of drug-likeness (QED) is 0.841. The van der Waals surface area contributed by atoms with Gasteiger partial charge in [-0.1, -0.05) is 25.1 Å². The maximum Gasteiger partial charge on any atom is 0.0802 e. The number of benzene rings is 1. The van der Waals surface area contributed by atoms with Crippen LogP contribution in [0.25, 0.3) is 0 Å². The first-order valence-corrected chi connectivity index (χ1v) is 7.01. The van der Waals surface area contributed by atoms with Crippen molar-refractivity contribution >= 4 is 5.69 Å². The maximum atomic E-state index is 9.46. The van der Waals surface area contributed by atoms with E-state index in [-0.39, 0.29) is 6.61 Å². The molecule has 18 heavy (non-hydrogen) atoms. The Morgan fingerprint density at radius 2 is 2.22 bits per heavy atom. The standard InChI is InChI=1S/C15H22N2O/c1-11-9-15(17-8-4-5-12(17)10-18)16-14-7-3-2-6-13(11)14/h2-3,6-7,11-12,15-16,18H,4-5,8-10H2,1H3/t11?,12-,15?/m0/s1. The molecule has 2 aliphatic heterocycles. The molecule has 1 aromatic carbocycles. The van der Waals surface area contributed by atoms with Crippen molar-refractivity contribution < 1.29 is 5.11 Å². The van der Waals surface area contributed by atoms with Gasteiger partial charge in [-0.2, -0.15) is 0 Å². The van der Waals surface area contributed by atoms with Crippen molar-refractivity contribution in [1.29, 1.82) is 0 Å². The van der Waals surface area contributed by atoms with E-state index in [0.29, 0.717) is 18.1 Å². The molecule has 3 atom stereocenters. The van der Waals surface area contributed by atoms with Gasteiger partial charge < -0.3 is 10.4 Å². The summed E-state index contributed by atoms with van der Waals surface area (Å²) in [7, 11) is 0. The van der Waals surface area contributed by atoms with Crippen molar-refractivity contribution in [3.63, 3.8) is 0 Å². The first kappa shape index (κ1) is 12.0. The number of rotatable bonds is 2. The Kier molecular flexibility index (Phi) is 3.27. The van der Waals surface area contributed by atoms with E-state index < -0.39 is 0 Å². The van der Waals surface area contributed by atoms with Crippen molar-refractivity contribution in [3.8, 4) is 0 Å². The molecule has 0 spiro atoms. The Labute approximate surface area is 109 Å². The highest BCUT2D eigenvalue weighted by Crippen LogP contribution is 2.36. The summed E-state index contributed by atoms with van der Waals surface area (Å²) in [6.07, 6.45) is 3.85. The molecule has 2 N–H and O–H groups in total. The molecule has 3 rings (SSSR count). The predicted octanol–water partition coefficient (Wildman–Crippen LogP) is 2.39. The number of hydrogen-bond acceptors (Lipinski definition) is 3. The zero-order valence-electron chi connectivity index (χ0n) is 11.0. The smallest absolute Gasteiger partial charge is 0.0802 e. The molecule has 3 nitrogen and oxygen atoms in total. The number of nitrogens with one attached hydrogen (secondary N) is 1. The van der Waals surface area contributed by atoms with E-state index in [1.165, 1.54) is 17.7 Å². The molecule has 0 aromatic heterocycles. The average molecular weight is 246 g/mol. The lowest BCUT2D eigenvalue weighted by Crippen LogP contribution is -2.47. The highest BCUT2D eigenvalue weighted by molar-refractivity contribution is 5.55. The van der Waals surface area contributed by atoms with Crippen molar-refractivity contribution in [2.45, 2.75) is 44.3 Å². The second-order valence-electron chi connectivity index (χ2n) is 5.60. The molecule has 1 saturated heterocycles. The lowest BCUT2D eigenvalue weighted by atomic mass is 9.90. The SMILES string of the molecule is CC1CC(N2CCC[C@H]2CO)Nc2ccccc21. The first-order valence-electron chi connectivity index (χ1n) is 7.01. The van der Waals surface area contributed by atoms with Crippen molar-refractivity contribution in [1.82, 2.24) is 4.90 Å². The number of hydrogen-bond donors (Lipinski definition) is 2. The molecule has 2 unspecified atom stereocenters. The summed E-state index contributed by atoms with van der Waals surface area (Å²) < 4.78 is 0. The first-order chi connectivity index (χ1) is 8.79. The van der Waals surface area contributed by atoms with E-state index in [1.807, 2.05) is 0 Å². The third-order valence-electron chi connectivity index (χ3n) is 4.42. The van der Waals surface area contributed by atoms with E-state index >= 15 is 0 Å². The van der Waals surface area contributed by atoms with E-state index in [1.54, 1.807) is 0 Å². The summed E-state index contributed by atoms with van der Waals surface area (Å²) in [5.74, 6) is 0.590. The second kappa shape index (κ2) is 4.90. The van der Waals surface area contributed by atoms with Gasteiger partial charge in [-0.15, -0.1) is 0 Å². The molecule has 0 amide bonds. The Morgan fingerprint density at radius 3 is 3.06 bits per heavy atom. The number of fused-ring (bicyclic) bond motifs is 1. The van der Waals surface area contributed by atoms with E-state index in [4.69, 9.17) is 0 Å². The summed E-state index contributed by atoms with van der Waals surface area (Å²) in [6.45, 7) is 3.70. The Bertz CT molecular complexity index is 421. The van der Waals surface area contributed by atoms with Gasteiger partial charge in [0.2, 0.25) is 0 Å². The molecular formula is C15H22N2O. The van der Waals surface area contributed by atoms with Gasteiger partial charge in [0.15, 0.2) is 0 Å². The van der Waals surface area contributed by atoms with Crippen LogP contribution in [0.2, 0.25) is 0 Å². The molecule has 0 saturated carbocycles. The van der Waals surface area contributed by atoms with Crippen LogP contribution in [0.1, 0.15) is 37.7 Å². The Hall–Kier alpha value is -1.06. The third-order valence-corrected chi connectivity index (χ3v) is 4.42. The Balaban J connectivity index is 1.81. The number of nitrogens with zero attached hydrogens (tertiary/aromatic N) is 1. The van der Waals surface area contributed by atoms with Gasteiger partial charge in [0.1, 0.15) is 0 Å². The molecular weight excluding hydrogens is 224 g/mol.